The molecule has 2 N–H and O–H groups in total. The van der Waals surface area contributed by atoms with Crippen LogP contribution in [0.4, 0.5) is 0 Å². The number of nitriles is 1. The van der Waals surface area contributed by atoms with Crippen molar-refractivity contribution in [1.82, 2.24) is 15.2 Å². The van der Waals surface area contributed by atoms with Crippen LogP contribution in [-0.4, -0.2) is 28.9 Å². The predicted molar refractivity (Wildman–Crippen MR) is 117 cm³/mol. The normalized spacial score (nSPS) is 11.2. The van der Waals surface area contributed by atoms with E-state index in [-0.39, 0.29) is 0 Å². The number of rotatable bonds is 9. The van der Waals surface area contributed by atoms with Crippen molar-refractivity contribution in [2.75, 3.05) is 13.1 Å². The molecular weight excluding hydrogens is 360 g/mol. The van der Waals surface area contributed by atoms with Gasteiger partial charge in [0.05, 0.1) is 0 Å². The number of fused-ring (bicyclic) bond motifs is 1. The van der Waals surface area contributed by atoms with E-state index in [1.165, 1.54) is 28.1 Å². The van der Waals surface area contributed by atoms with E-state index in [4.69, 9.17) is 5.26 Å². The van der Waals surface area contributed by atoms with Gasteiger partial charge < -0.3 is 4.98 Å². The zero-order valence-corrected chi connectivity index (χ0v) is 16.7. The lowest BCUT2D eigenvalue weighted by molar-refractivity contribution is -0.115. The summed E-state index contributed by atoms with van der Waals surface area (Å²) in [4.78, 5) is 17.2. The SMILES string of the molecule is CCCN(CCc1c[nH]c2ccccc12)Cc1ccc(/C=C/C(=O)NC#N)cc1. The summed E-state index contributed by atoms with van der Waals surface area (Å²) in [5, 5.41) is 11.8. The molecule has 0 aliphatic heterocycles. The number of benzene rings is 2. The third kappa shape index (κ3) is 5.81. The highest BCUT2D eigenvalue weighted by atomic mass is 16.1. The molecule has 3 aromatic rings. The first-order valence-electron chi connectivity index (χ1n) is 9.93. The Balaban J connectivity index is 1.60. The summed E-state index contributed by atoms with van der Waals surface area (Å²) in [6, 6.07) is 16.6. The molecule has 29 heavy (non-hydrogen) atoms. The van der Waals surface area contributed by atoms with Crippen molar-refractivity contribution in [1.29, 1.82) is 5.26 Å². The van der Waals surface area contributed by atoms with Gasteiger partial charge in [-0.25, -0.2) is 0 Å². The molecular formula is C24H26N4O. The van der Waals surface area contributed by atoms with Gasteiger partial charge in [0.15, 0.2) is 6.19 Å². The lowest BCUT2D eigenvalue weighted by atomic mass is 10.1. The van der Waals surface area contributed by atoms with Crippen LogP contribution in [0.5, 0.6) is 0 Å². The molecule has 5 nitrogen and oxygen atoms in total. The highest BCUT2D eigenvalue weighted by molar-refractivity contribution is 5.92. The third-order valence-electron chi connectivity index (χ3n) is 4.90. The summed E-state index contributed by atoms with van der Waals surface area (Å²) < 4.78 is 0. The topological polar surface area (TPSA) is 71.9 Å². The minimum atomic E-state index is -0.414. The molecule has 0 saturated heterocycles. The van der Waals surface area contributed by atoms with Gasteiger partial charge in [-0.3, -0.25) is 15.0 Å². The van der Waals surface area contributed by atoms with Gasteiger partial charge >= 0.3 is 0 Å². The Kier molecular flexibility index (Phi) is 7.21. The first-order chi connectivity index (χ1) is 14.2. The molecule has 0 bridgehead atoms. The Morgan fingerprint density at radius 1 is 1.17 bits per heavy atom. The molecule has 0 unspecified atom stereocenters. The van der Waals surface area contributed by atoms with Crippen molar-refractivity contribution >= 4 is 22.9 Å². The van der Waals surface area contributed by atoms with Gasteiger partial charge in [-0.05, 0) is 48.2 Å². The van der Waals surface area contributed by atoms with E-state index in [1.807, 2.05) is 12.1 Å². The maximum atomic E-state index is 11.3. The van der Waals surface area contributed by atoms with Gasteiger partial charge in [0, 0.05) is 36.3 Å². The van der Waals surface area contributed by atoms with Gasteiger partial charge in [0.1, 0.15) is 0 Å². The average Bonchev–Trinajstić information content (AvgIpc) is 3.15. The number of hydrogen-bond acceptors (Lipinski definition) is 3. The van der Waals surface area contributed by atoms with Gasteiger partial charge in [0.25, 0.3) is 5.91 Å². The Morgan fingerprint density at radius 3 is 2.72 bits per heavy atom. The fraction of sp³-hybridized carbons (Fsp3) is 0.250. The minimum absolute atomic E-state index is 0.414. The van der Waals surface area contributed by atoms with Crippen LogP contribution in [0.3, 0.4) is 0 Å². The van der Waals surface area contributed by atoms with Crippen LogP contribution >= 0.6 is 0 Å². The fourth-order valence-corrected chi connectivity index (χ4v) is 3.46. The summed E-state index contributed by atoms with van der Waals surface area (Å²) in [5.74, 6) is -0.414. The van der Waals surface area contributed by atoms with Crippen molar-refractivity contribution in [3.8, 4) is 6.19 Å². The third-order valence-corrected chi connectivity index (χ3v) is 4.90. The van der Waals surface area contributed by atoms with Crippen LogP contribution < -0.4 is 5.32 Å². The highest BCUT2D eigenvalue weighted by Gasteiger charge is 2.08. The van der Waals surface area contributed by atoms with Gasteiger partial charge in [-0.2, -0.15) is 5.26 Å². The quantitative estimate of drug-likeness (QED) is 0.328. The molecule has 1 heterocycles. The second kappa shape index (κ2) is 10.3. The Morgan fingerprint density at radius 2 is 1.97 bits per heavy atom. The van der Waals surface area contributed by atoms with Crippen LogP contribution in [0, 0.1) is 11.5 Å². The van der Waals surface area contributed by atoms with Crippen LogP contribution in [-0.2, 0) is 17.8 Å². The Bertz CT molecular complexity index is 1010. The lowest BCUT2D eigenvalue weighted by Gasteiger charge is -2.21. The number of aromatic nitrogens is 1. The molecule has 0 aliphatic carbocycles. The maximum absolute atomic E-state index is 11.3. The smallest absolute Gasteiger partial charge is 0.256 e. The first-order valence-corrected chi connectivity index (χ1v) is 9.93. The van der Waals surface area contributed by atoms with E-state index < -0.39 is 5.91 Å². The van der Waals surface area contributed by atoms with Gasteiger partial charge in [-0.15, -0.1) is 0 Å². The van der Waals surface area contributed by atoms with Crippen LogP contribution in [0.1, 0.15) is 30.0 Å². The molecule has 0 radical (unpaired) electrons. The number of hydrogen-bond donors (Lipinski definition) is 2. The summed E-state index contributed by atoms with van der Waals surface area (Å²) in [6.07, 6.45) is 8.94. The number of aromatic amines is 1. The minimum Gasteiger partial charge on any atom is -0.361 e. The van der Waals surface area contributed by atoms with Crippen LogP contribution in [0.15, 0.2) is 60.8 Å². The zero-order valence-electron chi connectivity index (χ0n) is 16.7. The van der Waals surface area contributed by atoms with Gasteiger partial charge in [0.2, 0.25) is 0 Å². The molecule has 1 amide bonds. The first kappa shape index (κ1) is 20.4. The molecule has 148 valence electrons. The summed E-state index contributed by atoms with van der Waals surface area (Å²) in [5.41, 5.74) is 4.73. The zero-order chi connectivity index (χ0) is 20.5. The second-order valence-electron chi connectivity index (χ2n) is 7.06. The molecule has 0 saturated carbocycles. The molecule has 1 aromatic heterocycles. The van der Waals surface area contributed by atoms with E-state index in [9.17, 15) is 4.79 Å². The number of H-pyrrole nitrogens is 1. The molecule has 0 aliphatic rings. The van der Waals surface area contributed by atoms with Crippen molar-refractivity contribution in [3.63, 3.8) is 0 Å². The fourth-order valence-electron chi connectivity index (χ4n) is 3.46. The van der Waals surface area contributed by atoms with E-state index in [1.54, 1.807) is 12.3 Å². The van der Waals surface area contributed by atoms with Crippen LogP contribution in [0.2, 0.25) is 0 Å². The van der Waals surface area contributed by atoms with E-state index in [0.29, 0.717) is 0 Å². The predicted octanol–water partition coefficient (Wildman–Crippen LogP) is 4.23. The summed E-state index contributed by atoms with van der Waals surface area (Å²) in [6.45, 7) is 5.16. The van der Waals surface area contributed by atoms with Gasteiger partial charge in [-0.1, -0.05) is 49.4 Å². The Labute approximate surface area is 171 Å². The van der Waals surface area contributed by atoms with E-state index in [2.05, 4.69) is 64.7 Å². The molecule has 2 aromatic carbocycles. The number of para-hydroxylation sites is 1. The van der Waals surface area contributed by atoms with Crippen LogP contribution in [0.25, 0.3) is 17.0 Å². The van der Waals surface area contributed by atoms with Crippen molar-refractivity contribution in [2.45, 2.75) is 26.3 Å². The number of carbonyl (C=O) groups excluding carboxylic acids is 1. The maximum Gasteiger partial charge on any atom is 0.256 e. The average molecular weight is 386 g/mol. The van der Waals surface area contributed by atoms with E-state index >= 15 is 0 Å². The summed E-state index contributed by atoms with van der Waals surface area (Å²) >= 11 is 0. The number of amides is 1. The lowest BCUT2D eigenvalue weighted by Crippen LogP contribution is -2.26. The highest BCUT2D eigenvalue weighted by Crippen LogP contribution is 2.19. The molecule has 0 fully saturated rings. The second-order valence-corrected chi connectivity index (χ2v) is 7.06. The summed E-state index contributed by atoms with van der Waals surface area (Å²) in [7, 11) is 0. The number of carbonyl (C=O) groups is 1. The Hall–Kier alpha value is -3.36. The standard InChI is InChI=1S/C24H26N4O/c1-2-14-28(15-13-21-16-26-23-6-4-3-5-22(21)23)17-20-9-7-19(8-10-20)11-12-24(29)27-18-25/h3-12,16,26H,2,13-15,17H2,1H3,(H,27,29)/b12-11+. The monoisotopic (exact) mass is 386 g/mol. The largest absolute Gasteiger partial charge is 0.361 e. The van der Waals surface area contributed by atoms with Crippen molar-refractivity contribution < 1.29 is 4.79 Å². The number of nitrogens with one attached hydrogen (secondary N) is 2. The van der Waals surface area contributed by atoms with E-state index in [0.717, 1.165) is 38.0 Å². The molecule has 3 rings (SSSR count). The molecule has 0 spiro atoms. The van der Waals surface area contributed by atoms with Crippen molar-refractivity contribution in [3.05, 3.63) is 77.5 Å². The molecule has 5 heteroatoms. The van der Waals surface area contributed by atoms with Crippen molar-refractivity contribution in [2.24, 2.45) is 0 Å². The number of nitrogens with zero attached hydrogens (tertiary/aromatic N) is 2. The molecule has 0 atom stereocenters.